The SMILES string of the molecule is COc1ccc(Br)cc1S(=N)(=O)c1ccc(C#N)cc1. The van der Waals surface area contributed by atoms with Crippen LogP contribution in [0.1, 0.15) is 5.56 Å². The van der Waals surface area contributed by atoms with Gasteiger partial charge >= 0.3 is 0 Å². The molecule has 1 atom stereocenters. The molecule has 0 bridgehead atoms. The highest BCUT2D eigenvalue weighted by Gasteiger charge is 2.18. The van der Waals surface area contributed by atoms with Crippen LogP contribution in [-0.2, 0) is 9.73 Å². The Morgan fingerprint density at radius 3 is 2.45 bits per heavy atom. The van der Waals surface area contributed by atoms with Gasteiger partial charge < -0.3 is 4.74 Å². The number of hydrogen-bond acceptors (Lipinski definition) is 4. The van der Waals surface area contributed by atoms with Gasteiger partial charge in [-0.15, -0.1) is 0 Å². The molecule has 0 amide bonds. The summed E-state index contributed by atoms with van der Waals surface area (Å²) in [6.45, 7) is 0. The highest BCUT2D eigenvalue weighted by Crippen LogP contribution is 2.32. The maximum atomic E-state index is 12.8. The second kappa shape index (κ2) is 5.65. The van der Waals surface area contributed by atoms with Crippen molar-refractivity contribution in [2.24, 2.45) is 0 Å². The largest absolute Gasteiger partial charge is 0.495 e. The van der Waals surface area contributed by atoms with Gasteiger partial charge in [0.2, 0.25) is 0 Å². The molecule has 1 unspecified atom stereocenters. The van der Waals surface area contributed by atoms with Gasteiger partial charge in [-0.2, -0.15) is 5.26 Å². The summed E-state index contributed by atoms with van der Waals surface area (Å²) in [5.41, 5.74) is 0.463. The van der Waals surface area contributed by atoms with Crippen molar-refractivity contribution >= 4 is 25.7 Å². The highest BCUT2D eigenvalue weighted by molar-refractivity contribution is 9.10. The Morgan fingerprint density at radius 2 is 1.90 bits per heavy atom. The predicted molar refractivity (Wildman–Crippen MR) is 79.2 cm³/mol. The van der Waals surface area contributed by atoms with E-state index in [1.165, 1.54) is 19.2 Å². The minimum atomic E-state index is -3.19. The molecule has 2 rings (SSSR count). The first-order valence-electron chi connectivity index (χ1n) is 5.61. The Morgan fingerprint density at radius 1 is 1.25 bits per heavy atom. The Hall–Kier alpha value is -1.84. The number of hydrogen-bond donors (Lipinski definition) is 1. The lowest BCUT2D eigenvalue weighted by Crippen LogP contribution is -2.03. The van der Waals surface area contributed by atoms with Crippen molar-refractivity contribution in [1.82, 2.24) is 0 Å². The minimum Gasteiger partial charge on any atom is -0.495 e. The van der Waals surface area contributed by atoms with Gasteiger partial charge in [0.1, 0.15) is 15.5 Å². The van der Waals surface area contributed by atoms with Gasteiger partial charge in [-0.05, 0) is 42.5 Å². The van der Waals surface area contributed by atoms with Crippen LogP contribution < -0.4 is 4.74 Å². The summed E-state index contributed by atoms with van der Waals surface area (Å²) in [6, 6.07) is 13.2. The molecule has 0 heterocycles. The number of ether oxygens (including phenoxy) is 1. The Balaban J connectivity index is 2.60. The third-order valence-electron chi connectivity index (χ3n) is 2.75. The van der Waals surface area contributed by atoms with E-state index in [1.54, 1.807) is 30.3 Å². The van der Waals surface area contributed by atoms with E-state index in [4.69, 9.17) is 14.8 Å². The standard InChI is InChI=1S/C14H11BrN2O2S/c1-19-13-7-4-11(15)8-14(13)20(17,18)12-5-2-10(9-16)3-6-12/h2-8,17H,1H3. The summed E-state index contributed by atoms with van der Waals surface area (Å²) >= 11 is 3.31. The van der Waals surface area contributed by atoms with E-state index in [9.17, 15) is 4.21 Å². The van der Waals surface area contributed by atoms with Crippen molar-refractivity contribution in [2.45, 2.75) is 9.79 Å². The van der Waals surface area contributed by atoms with Crippen molar-refractivity contribution in [3.63, 3.8) is 0 Å². The lowest BCUT2D eigenvalue weighted by molar-refractivity contribution is 0.403. The normalized spacial score (nSPS) is 13.2. The number of benzene rings is 2. The zero-order valence-electron chi connectivity index (χ0n) is 10.6. The predicted octanol–water partition coefficient (Wildman–Crippen LogP) is 3.79. The van der Waals surface area contributed by atoms with Crippen LogP contribution in [0.3, 0.4) is 0 Å². The third kappa shape index (κ3) is 2.69. The zero-order valence-corrected chi connectivity index (χ0v) is 13.0. The molecule has 0 aliphatic heterocycles. The van der Waals surface area contributed by atoms with Crippen LogP contribution in [0.5, 0.6) is 5.75 Å². The van der Waals surface area contributed by atoms with E-state index in [-0.39, 0.29) is 0 Å². The van der Waals surface area contributed by atoms with Crippen molar-refractivity contribution in [2.75, 3.05) is 7.11 Å². The third-order valence-corrected chi connectivity index (χ3v) is 5.12. The molecule has 102 valence electrons. The summed E-state index contributed by atoms with van der Waals surface area (Å²) in [5.74, 6) is 0.401. The number of rotatable bonds is 3. The Kier molecular flexibility index (Phi) is 4.12. The summed E-state index contributed by atoms with van der Waals surface area (Å²) in [5, 5.41) is 8.77. The fraction of sp³-hybridized carbons (Fsp3) is 0.0714. The summed E-state index contributed by atoms with van der Waals surface area (Å²) in [6.07, 6.45) is 0. The van der Waals surface area contributed by atoms with Gasteiger partial charge in [0.15, 0.2) is 0 Å². The quantitative estimate of drug-likeness (QED) is 0.914. The van der Waals surface area contributed by atoms with Crippen LogP contribution >= 0.6 is 15.9 Å². The Labute approximate surface area is 126 Å². The number of nitrogens with zero attached hydrogens (tertiary/aromatic N) is 1. The molecule has 0 spiro atoms. The first kappa shape index (κ1) is 14.6. The fourth-order valence-corrected chi connectivity index (χ4v) is 3.74. The topological polar surface area (TPSA) is 73.9 Å². The van der Waals surface area contributed by atoms with Gasteiger partial charge in [0, 0.05) is 4.47 Å². The number of nitriles is 1. The minimum absolute atomic E-state index is 0.305. The lowest BCUT2D eigenvalue weighted by Gasteiger charge is -2.12. The summed E-state index contributed by atoms with van der Waals surface area (Å²) in [4.78, 5) is 0.645. The monoisotopic (exact) mass is 350 g/mol. The van der Waals surface area contributed by atoms with Crippen molar-refractivity contribution < 1.29 is 8.95 Å². The molecule has 0 saturated carbocycles. The van der Waals surface area contributed by atoms with E-state index in [2.05, 4.69) is 15.9 Å². The molecule has 2 aromatic rings. The number of methoxy groups -OCH3 is 1. The Bertz CT molecular complexity index is 778. The van der Waals surface area contributed by atoms with Gasteiger partial charge in [-0.3, -0.25) is 0 Å². The average molecular weight is 351 g/mol. The van der Waals surface area contributed by atoms with E-state index >= 15 is 0 Å². The molecule has 20 heavy (non-hydrogen) atoms. The van der Waals surface area contributed by atoms with Crippen LogP contribution in [0.2, 0.25) is 0 Å². The van der Waals surface area contributed by atoms with Crippen LogP contribution in [0.25, 0.3) is 0 Å². The molecule has 1 N–H and O–H groups in total. The number of nitrogens with one attached hydrogen (secondary N) is 1. The molecule has 4 nitrogen and oxygen atoms in total. The molecule has 0 fully saturated rings. The lowest BCUT2D eigenvalue weighted by atomic mass is 10.2. The number of halogens is 1. The zero-order chi connectivity index (χ0) is 14.8. The van der Waals surface area contributed by atoms with Crippen molar-refractivity contribution in [3.05, 3.63) is 52.5 Å². The van der Waals surface area contributed by atoms with Gasteiger partial charge in [-0.1, -0.05) is 15.9 Å². The van der Waals surface area contributed by atoms with Gasteiger partial charge in [0.25, 0.3) is 0 Å². The molecule has 0 aliphatic rings. The van der Waals surface area contributed by atoms with Crippen LogP contribution in [0, 0.1) is 16.1 Å². The van der Waals surface area contributed by atoms with E-state index in [0.717, 1.165) is 4.47 Å². The molecular formula is C14H11BrN2O2S. The second-order valence-corrected chi connectivity index (χ2v) is 6.93. The van der Waals surface area contributed by atoms with Crippen molar-refractivity contribution in [1.29, 1.82) is 10.0 Å². The smallest absolute Gasteiger partial charge is 0.136 e. The molecule has 6 heteroatoms. The van der Waals surface area contributed by atoms with E-state index in [0.29, 0.717) is 21.1 Å². The average Bonchev–Trinajstić information content (AvgIpc) is 2.47. The first-order chi connectivity index (χ1) is 9.48. The van der Waals surface area contributed by atoms with Crippen LogP contribution in [-0.4, -0.2) is 11.3 Å². The first-order valence-corrected chi connectivity index (χ1v) is 7.96. The maximum absolute atomic E-state index is 12.8. The highest BCUT2D eigenvalue weighted by atomic mass is 79.9. The molecule has 0 aliphatic carbocycles. The van der Waals surface area contributed by atoms with Crippen LogP contribution in [0.4, 0.5) is 0 Å². The maximum Gasteiger partial charge on any atom is 0.136 e. The van der Waals surface area contributed by atoms with E-state index < -0.39 is 9.73 Å². The van der Waals surface area contributed by atoms with Gasteiger partial charge in [-0.25, -0.2) is 8.99 Å². The molecule has 2 aromatic carbocycles. The van der Waals surface area contributed by atoms with Crippen molar-refractivity contribution in [3.8, 4) is 11.8 Å². The summed E-state index contributed by atoms with van der Waals surface area (Å²) in [7, 11) is -1.72. The van der Waals surface area contributed by atoms with E-state index in [1.807, 2.05) is 6.07 Å². The second-order valence-electron chi connectivity index (χ2n) is 3.99. The molecule has 0 radical (unpaired) electrons. The fourth-order valence-electron chi connectivity index (χ4n) is 1.72. The molecule has 0 saturated heterocycles. The van der Waals surface area contributed by atoms with Crippen LogP contribution in [0.15, 0.2) is 56.7 Å². The molecule has 0 aromatic heterocycles. The van der Waals surface area contributed by atoms with Gasteiger partial charge in [0.05, 0.1) is 28.5 Å². The summed E-state index contributed by atoms with van der Waals surface area (Å²) < 4.78 is 26.9. The molecular weight excluding hydrogens is 340 g/mol.